The Labute approximate surface area is 111 Å². The van der Waals surface area contributed by atoms with Crippen molar-refractivity contribution in [3.05, 3.63) is 28.8 Å². The number of nitrogens with one attached hydrogen (secondary N) is 1. The fourth-order valence-corrected chi connectivity index (χ4v) is 3.24. The van der Waals surface area contributed by atoms with Gasteiger partial charge in [-0.25, -0.2) is 0 Å². The average molecular weight is 246 g/mol. The number of benzene rings is 1. The van der Waals surface area contributed by atoms with Gasteiger partial charge < -0.3 is 10.2 Å². The summed E-state index contributed by atoms with van der Waals surface area (Å²) in [6, 6.07) is 5.30. The normalized spacial score (nSPS) is 19.2. The molecule has 0 saturated carbocycles. The molecule has 18 heavy (non-hydrogen) atoms. The van der Waals surface area contributed by atoms with Gasteiger partial charge in [-0.15, -0.1) is 0 Å². The van der Waals surface area contributed by atoms with Gasteiger partial charge in [0, 0.05) is 25.3 Å². The van der Waals surface area contributed by atoms with Gasteiger partial charge in [0.1, 0.15) is 0 Å². The van der Waals surface area contributed by atoms with Crippen LogP contribution in [0.15, 0.2) is 12.1 Å². The van der Waals surface area contributed by atoms with E-state index < -0.39 is 0 Å². The Kier molecular flexibility index (Phi) is 4.28. The molecule has 0 aliphatic carbocycles. The van der Waals surface area contributed by atoms with Crippen molar-refractivity contribution in [2.45, 2.75) is 46.1 Å². The molecule has 2 rings (SSSR count). The van der Waals surface area contributed by atoms with Gasteiger partial charge in [-0.3, -0.25) is 0 Å². The monoisotopic (exact) mass is 246 g/mol. The van der Waals surface area contributed by atoms with E-state index in [1.807, 2.05) is 0 Å². The highest BCUT2D eigenvalue weighted by atomic mass is 15.1. The molecule has 1 saturated heterocycles. The lowest BCUT2D eigenvalue weighted by Crippen LogP contribution is -2.29. The molecule has 1 atom stereocenters. The molecule has 1 heterocycles. The van der Waals surface area contributed by atoms with Crippen LogP contribution in [0.3, 0.4) is 0 Å². The fraction of sp³-hybridized carbons (Fsp3) is 0.625. The molecule has 2 nitrogen and oxygen atoms in total. The van der Waals surface area contributed by atoms with E-state index in [9.17, 15) is 0 Å². The van der Waals surface area contributed by atoms with Crippen molar-refractivity contribution in [3.63, 3.8) is 0 Å². The fourth-order valence-electron chi connectivity index (χ4n) is 3.24. The summed E-state index contributed by atoms with van der Waals surface area (Å²) in [6.45, 7) is 8.96. The molecule has 0 bridgehead atoms. The van der Waals surface area contributed by atoms with E-state index in [4.69, 9.17) is 0 Å². The van der Waals surface area contributed by atoms with Crippen LogP contribution in [-0.4, -0.2) is 26.2 Å². The second kappa shape index (κ2) is 5.75. The third-order valence-corrected chi connectivity index (χ3v) is 3.99. The molecule has 1 N–H and O–H groups in total. The first kappa shape index (κ1) is 13.4. The predicted molar refractivity (Wildman–Crippen MR) is 79.6 cm³/mol. The van der Waals surface area contributed by atoms with E-state index in [2.05, 4.69) is 50.2 Å². The minimum atomic E-state index is 0.735. The molecule has 0 radical (unpaired) electrons. The zero-order valence-electron chi connectivity index (χ0n) is 12.2. The number of hydrogen-bond acceptors (Lipinski definition) is 2. The molecule has 2 heteroatoms. The van der Waals surface area contributed by atoms with Crippen molar-refractivity contribution in [2.75, 3.05) is 25.0 Å². The van der Waals surface area contributed by atoms with Crippen LogP contribution in [0.2, 0.25) is 0 Å². The Morgan fingerprint density at radius 3 is 2.44 bits per heavy atom. The van der Waals surface area contributed by atoms with Gasteiger partial charge in [0.25, 0.3) is 0 Å². The SMILES string of the molecule is Cc1cc(C)c(N(C)CCC2CCCN2)c(C)c1. The van der Waals surface area contributed by atoms with Crippen molar-refractivity contribution < 1.29 is 0 Å². The average Bonchev–Trinajstić information content (AvgIpc) is 2.77. The molecule has 1 fully saturated rings. The van der Waals surface area contributed by atoms with Gasteiger partial charge >= 0.3 is 0 Å². The molecule has 1 aromatic carbocycles. The van der Waals surface area contributed by atoms with Crippen LogP contribution in [0.1, 0.15) is 36.0 Å². The van der Waals surface area contributed by atoms with Crippen molar-refractivity contribution in [1.82, 2.24) is 5.32 Å². The Balaban J connectivity index is 2.01. The van der Waals surface area contributed by atoms with Crippen LogP contribution >= 0.6 is 0 Å². The van der Waals surface area contributed by atoms with Crippen molar-refractivity contribution >= 4 is 5.69 Å². The van der Waals surface area contributed by atoms with Crippen LogP contribution in [0.5, 0.6) is 0 Å². The topological polar surface area (TPSA) is 15.3 Å². The third-order valence-electron chi connectivity index (χ3n) is 3.99. The molecule has 0 amide bonds. The van der Waals surface area contributed by atoms with E-state index in [1.54, 1.807) is 0 Å². The van der Waals surface area contributed by atoms with E-state index >= 15 is 0 Å². The first-order chi connectivity index (χ1) is 8.58. The first-order valence-corrected chi connectivity index (χ1v) is 7.10. The summed E-state index contributed by atoms with van der Waals surface area (Å²) in [5.41, 5.74) is 5.57. The quantitative estimate of drug-likeness (QED) is 0.877. The standard InChI is InChI=1S/C16H26N2/c1-12-10-13(2)16(14(3)11-12)18(4)9-7-15-6-5-8-17-15/h10-11,15,17H,5-9H2,1-4H3. The van der Waals surface area contributed by atoms with Gasteiger partial charge in [0.15, 0.2) is 0 Å². The molecule has 100 valence electrons. The molecule has 0 aromatic heterocycles. The highest BCUT2D eigenvalue weighted by molar-refractivity contribution is 5.59. The molecular weight excluding hydrogens is 220 g/mol. The Hall–Kier alpha value is -1.02. The summed E-state index contributed by atoms with van der Waals surface area (Å²) in [5, 5.41) is 3.58. The van der Waals surface area contributed by atoms with Crippen LogP contribution < -0.4 is 10.2 Å². The summed E-state index contributed by atoms with van der Waals surface area (Å²) >= 11 is 0. The maximum atomic E-state index is 3.58. The molecule has 1 aliphatic heterocycles. The number of hydrogen-bond donors (Lipinski definition) is 1. The number of nitrogens with zero attached hydrogens (tertiary/aromatic N) is 1. The van der Waals surface area contributed by atoms with Crippen molar-refractivity contribution in [2.24, 2.45) is 0 Å². The van der Waals surface area contributed by atoms with Gasteiger partial charge in [0.05, 0.1) is 0 Å². The molecular formula is C16H26N2. The Morgan fingerprint density at radius 1 is 1.22 bits per heavy atom. The zero-order chi connectivity index (χ0) is 13.1. The lowest BCUT2D eigenvalue weighted by atomic mass is 10.0. The summed E-state index contributed by atoms with van der Waals surface area (Å²) in [6.07, 6.45) is 3.94. The highest BCUT2D eigenvalue weighted by Crippen LogP contribution is 2.25. The molecule has 1 aliphatic rings. The molecule has 1 unspecified atom stereocenters. The minimum Gasteiger partial charge on any atom is -0.374 e. The van der Waals surface area contributed by atoms with E-state index in [0.29, 0.717) is 0 Å². The van der Waals surface area contributed by atoms with Crippen molar-refractivity contribution in [1.29, 1.82) is 0 Å². The summed E-state index contributed by atoms with van der Waals surface area (Å²) < 4.78 is 0. The first-order valence-electron chi connectivity index (χ1n) is 7.10. The van der Waals surface area contributed by atoms with Gasteiger partial charge in [-0.2, -0.15) is 0 Å². The lowest BCUT2D eigenvalue weighted by molar-refractivity contribution is 0.558. The van der Waals surface area contributed by atoms with Gasteiger partial charge in [0.2, 0.25) is 0 Å². The number of rotatable bonds is 4. The van der Waals surface area contributed by atoms with E-state index in [1.165, 1.54) is 48.2 Å². The summed E-state index contributed by atoms with van der Waals surface area (Å²) in [5.74, 6) is 0. The van der Waals surface area contributed by atoms with Crippen LogP contribution in [0.4, 0.5) is 5.69 Å². The van der Waals surface area contributed by atoms with Crippen molar-refractivity contribution in [3.8, 4) is 0 Å². The number of anilines is 1. The minimum absolute atomic E-state index is 0.735. The Morgan fingerprint density at radius 2 is 1.89 bits per heavy atom. The van der Waals surface area contributed by atoms with Gasteiger partial charge in [-0.1, -0.05) is 17.7 Å². The summed E-state index contributed by atoms with van der Waals surface area (Å²) in [4.78, 5) is 2.42. The number of aryl methyl sites for hydroxylation is 3. The van der Waals surface area contributed by atoms with E-state index in [-0.39, 0.29) is 0 Å². The smallest absolute Gasteiger partial charge is 0.0423 e. The Bertz CT molecular complexity index is 383. The summed E-state index contributed by atoms with van der Waals surface area (Å²) in [7, 11) is 2.22. The van der Waals surface area contributed by atoms with E-state index in [0.717, 1.165) is 12.6 Å². The van der Waals surface area contributed by atoms with Crippen LogP contribution in [0.25, 0.3) is 0 Å². The van der Waals surface area contributed by atoms with Crippen LogP contribution in [-0.2, 0) is 0 Å². The highest BCUT2D eigenvalue weighted by Gasteiger charge is 2.15. The lowest BCUT2D eigenvalue weighted by Gasteiger charge is -2.25. The predicted octanol–water partition coefficient (Wildman–Crippen LogP) is 3.19. The maximum absolute atomic E-state index is 3.58. The van der Waals surface area contributed by atoms with Gasteiger partial charge in [-0.05, 0) is 57.7 Å². The maximum Gasteiger partial charge on any atom is 0.0423 e. The van der Waals surface area contributed by atoms with Crippen LogP contribution in [0, 0.1) is 20.8 Å². The molecule has 0 spiro atoms. The second-order valence-electron chi connectivity index (χ2n) is 5.75. The molecule has 1 aromatic rings. The second-order valence-corrected chi connectivity index (χ2v) is 5.75. The third kappa shape index (κ3) is 3.05. The largest absolute Gasteiger partial charge is 0.374 e. The zero-order valence-corrected chi connectivity index (χ0v) is 12.2.